The van der Waals surface area contributed by atoms with Crippen LogP contribution in [0.25, 0.3) is 0 Å². The molecule has 8 nitrogen and oxygen atoms in total. The third kappa shape index (κ3) is 5.37. The Balaban J connectivity index is 1.47. The molecule has 2 aliphatic rings. The Kier molecular flexibility index (Phi) is 7.16. The van der Waals surface area contributed by atoms with Crippen LogP contribution < -0.4 is 14.8 Å². The summed E-state index contributed by atoms with van der Waals surface area (Å²) in [4.78, 5) is 13.1. The summed E-state index contributed by atoms with van der Waals surface area (Å²) in [6, 6.07) is 12.4. The summed E-state index contributed by atoms with van der Waals surface area (Å²) in [5, 5.41) is 3.13. The van der Waals surface area contributed by atoms with E-state index in [1.54, 1.807) is 18.2 Å². The second kappa shape index (κ2) is 9.93. The number of nitrogens with zero attached hydrogens (tertiary/aromatic N) is 1. The van der Waals surface area contributed by atoms with Crippen LogP contribution in [0.3, 0.4) is 0 Å². The van der Waals surface area contributed by atoms with Gasteiger partial charge in [0, 0.05) is 31.5 Å². The first-order chi connectivity index (χ1) is 16.2. The maximum atomic E-state index is 13.1. The predicted molar refractivity (Wildman–Crippen MR) is 128 cm³/mol. The summed E-state index contributed by atoms with van der Waals surface area (Å²) in [7, 11) is -2.10. The van der Waals surface area contributed by atoms with Crippen LogP contribution in [0.5, 0.6) is 11.5 Å². The minimum atomic E-state index is -3.63. The molecule has 4 rings (SSSR count). The summed E-state index contributed by atoms with van der Waals surface area (Å²) >= 11 is 0. The molecule has 1 unspecified atom stereocenters. The van der Waals surface area contributed by atoms with E-state index < -0.39 is 15.6 Å². The molecule has 1 amide bonds. The van der Waals surface area contributed by atoms with Crippen molar-refractivity contribution in [3.8, 4) is 11.5 Å². The smallest absolute Gasteiger partial charge is 0.243 e. The molecule has 2 aromatic carbocycles. The van der Waals surface area contributed by atoms with Gasteiger partial charge in [0.15, 0.2) is 0 Å². The van der Waals surface area contributed by atoms with E-state index in [0.29, 0.717) is 50.5 Å². The van der Waals surface area contributed by atoms with Gasteiger partial charge in [0.1, 0.15) is 17.1 Å². The van der Waals surface area contributed by atoms with Gasteiger partial charge in [0.25, 0.3) is 0 Å². The number of carbonyl (C=O) groups is 1. The monoisotopic (exact) mass is 488 g/mol. The van der Waals surface area contributed by atoms with Gasteiger partial charge in [-0.05, 0) is 50.1 Å². The average molecular weight is 489 g/mol. The highest BCUT2D eigenvalue weighted by Gasteiger charge is 2.34. The highest BCUT2D eigenvalue weighted by Crippen LogP contribution is 2.39. The molecule has 0 aromatic heterocycles. The van der Waals surface area contributed by atoms with Crippen molar-refractivity contribution in [2.45, 2.75) is 49.6 Å². The number of carbonyl (C=O) groups excluding carboxylic acids is 1. The lowest BCUT2D eigenvalue weighted by Crippen LogP contribution is -2.41. The number of para-hydroxylation sites is 1. The number of methoxy groups -OCH3 is 1. The van der Waals surface area contributed by atoms with Crippen molar-refractivity contribution in [1.82, 2.24) is 9.62 Å². The van der Waals surface area contributed by atoms with Gasteiger partial charge in [-0.1, -0.05) is 18.2 Å². The van der Waals surface area contributed by atoms with Gasteiger partial charge in [-0.25, -0.2) is 8.42 Å². The molecule has 0 spiro atoms. The molecule has 2 aliphatic heterocycles. The molecule has 1 saturated heterocycles. The van der Waals surface area contributed by atoms with Crippen molar-refractivity contribution in [2.75, 3.05) is 33.4 Å². The Morgan fingerprint density at radius 2 is 1.91 bits per heavy atom. The molecule has 1 N–H and O–H groups in total. The number of nitrogens with one attached hydrogen (secondary N) is 1. The number of fused-ring (bicyclic) bond motifs is 1. The predicted octanol–water partition coefficient (Wildman–Crippen LogP) is 3.07. The van der Waals surface area contributed by atoms with Crippen LogP contribution in [0.1, 0.15) is 43.9 Å². The number of rotatable bonds is 7. The largest absolute Gasteiger partial charge is 0.496 e. The zero-order chi connectivity index (χ0) is 24.3. The number of hydrogen-bond donors (Lipinski definition) is 1. The fraction of sp³-hybridized carbons (Fsp3) is 0.480. The van der Waals surface area contributed by atoms with E-state index in [1.165, 1.54) is 11.4 Å². The molecule has 0 bridgehead atoms. The zero-order valence-electron chi connectivity index (χ0n) is 19.9. The Morgan fingerprint density at radius 1 is 1.18 bits per heavy atom. The van der Waals surface area contributed by atoms with Crippen molar-refractivity contribution >= 4 is 15.9 Å². The number of morpholine rings is 1. The molecular formula is C25H32N2O6S. The van der Waals surface area contributed by atoms with Crippen molar-refractivity contribution in [1.29, 1.82) is 0 Å². The molecule has 0 aliphatic carbocycles. The first-order valence-corrected chi connectivity index (χ1v) is 13.0. The molecule has 2 heterocycles. The van der Waals surface area contributed by atoms with E-state index >= 15 is 0 Å². The highest BCUT2D eigenvalue weighted by molar-refractivity contribution is 7.89. The van der Waals surface area contributed by atoms with Crippen LogP contribution in [-0.2, 0) is 26.0 Å². The summed E-state index contributed by atoms with van der Waals surface area (Å²) < 4.78 is 44.3. The van der Waals surface area contributed by atoms with E-state index in [9.17, 15) is 13.2 Å². The van der Waals surface area contributed by atoms with Crippen LogP contribution in [-0.4, -0.2) is 57.6 Å². The third-order valence-corrected chi connectivity index (χ3v) is 8.09. The molecule has 34 heavy (non-hydrogen) atoms. The van der Waals surface area contributed by atoms with Gasteiger partial charge >= 0.3 is 0 Å². The van der Waals surface area contributed by atoms with Crippen LogP contribution >= 0.6 is 0 Å². The maximum Gasteiger partial charge on any atom is 0.243 e. The SMILES string of the molecule is COc1ccc(S(=O)(=O)N2CCOCC2)cc1CCC(=O)NC1CC(C)(C)Oc2ccccc21. The second-order valence-corrected chi connectivity index (χ2v) is 11.2. The fourth-order valence-electron chi connectivity index (χ4n) is 4.49. The van der Waals surface area contributed by atoms with Crippen LogP contribution in [0.2, 0.25) is 0 Å². The summed E-state index contributed by atoms with van der Waals surface area (Å²) in [6.07, 6.45) is 1.22. The minimum Gasteiger partial charge on any atom is -0.496 e. The fourth-order valence-corrected chi connectivity index (χ4v) is 5.95. The van der Waals surface area contributed by atoms with Crippen LogP contribution in [0.15, 0.2) is 47.4 Å². The topological polar surface area (TPSA) is 94.2 Å². The molecule has 1 fully saturated rings. The third-order valence-electron chi connectivity index (χ3n) is 6.19. The van der Waals surface area contributed by atoms with Crippen molar-refractivity contribution < 1.29 is 27.4 Å². The maximum absolute atomic E-state index is 13.1. The number of ether oxygens (including phenoxy) is 3. The average Bonchev–Trinajstić information content (AvgIpc) is 2.82. The number of aryl methyl sites for hydroxylation is 1. The van der Waals surface area contributed by atoms with E-state index in [4.69, 9.17) is 14.2 Å². The van der Waals surface area contributed by atoms with Gasteiger partial charge in [-0.3, -0.25) is 4.79 Å². The molecule has 184 valence electrons. The van der Waals surface area contributed by atoms with E-state index in [1.807, 2.05) is 38.1 Å². The van der Waals surface area contributed by atoms with Crippen molar-refractivity contribution in [2.24, 2.45) is 0 Å². The number of amides is 1. The number of benzene rings is 2. The number of sulfonamides is 1. The summed E-state index contributed by atoms with van der Waals surface area (Å²) in [6.45, 7) is 5.44. The summed E-state index contributed by atoms with van der Waals surface area (Å²) in [5.41, 5.74) is 1.25. The van der Waals surface area contributed by atoms with Crippen LogP contribution in [0, 0.1) is 0 Å². The first-order valence-electron chi connectivity index (χ1n) is 11.5. The summed E-state index contributed by atoms with van der Waals surface area (Å²) in [5.74, 6) is 1.24. The van der Waals surface area contributed by atoms with Gasteiger partial charge in [-0.15, -0.1) is 0 Å². The molecule has 2 aromatic rings. The quantitative estimate of drug-likeness (QED) is 0.644. The second-order valence-electron chi connectivity index (χ2n) is 9.21. The molecular weight excluding hydrogens is 456 g/mol. The number of hydrogen-bond acceptors (Lipinski definition) is 6. The minimum absolute atomic E-state index is 0.110. The normalized spacial score (nSPS) is 20.1. The lowest BCUT2D eigenvalue weighted by Gasteiger charge is -2.37. The standard InChI is InChI=1S/C25H32N2O6S/c1-25(2)17-21(20-6-4-5-7-23(20)33-25)26-24(28)11-8-18-16-19(9-10-22(18)31-3)34(29,30)27-12-14-32-15-13-27/h4-7,9-10,16,21H,8,11-15,17H2,1-3H3,(H,26,28). The van der Waals surface area contributed by atoms with E-state index in [-0.39, 0.29) is 23.3 Å². The van der Waals surface area contributed by atoms with Crippen LogP contribution in [0.4, 0.5) is 0 Å². The molecule has 9 heteroatoms. The van der Waals surface area contributed by atoms with Gasteiger partial charge < -0.3 is 19.5 Å². The van der Waals surface area contributed by atoms with E-state index in [0.717, 1.165) is 11.3 Å². The van der Waals surface area contributed by atoms with Crippen molar-refractivity contribution in [3.63, 3.8) is 0 Å². The Labute approximate surface area is 201 Å². The molecule has 0 radical (unpaired) electrons. The Hall–Kier alpha value is -2.62. The Morgan fingerprint density at radius 3 is 2.65 bits per heavy atom. The van der Waals surface area contributed by atoms with Gasteiger partial charge in [0.05, 0.1) is 31.3 Å². The molecule has 1 atom stereocenters. The Bertz CT molecular complexity index is 1140. The van der Waals surface area contributed by atoms with Gasteiger partial charge in [0.2, 0.25) is 15.9 Å². The highest BCUT2D eigenvalue weighted by atomic mass is 32.2. The molecule has 0 saturated carbocycles. The van der Waals surface area contributed by atoms with Gasteiger partial charge in [-0.2, -0.15) is 4.31 Å². The lowest BCUT2D eigenvalue weighted by atomic mass is 9.89. The van der Waals surface area contributed by atoms with E-state index in [2.05, 4.69) is 5.32 Å². The van der Waals surface area contributed by atoms with Crippen molar-refractivity contribution in [3.05, 3.63) is 53.6 Å². The first kappa shape index (κ1) is 24.5. The lowest BCUT2D eigenvalue weighted by molar-refractivity contribution is -0.122. The zero-order valence-corrected chi connectivity index (χ0v) is 20.7.